The summed E-state index contributed by atoms with van der Waals surface area (Å²) in [5.74, 6) is 2.24. The average Bonchev–Trinajstić information content (AvgIpc) is 3.06. The fraction of sp³-hybridized carbons (Fsp3) is 0.296. The lowest BCUT2D eigenvalue weighted by Crippen LogP contribution is -2.40. The molecule has 0 atom stereocenters. The van der Waals surface area contributed by atoms with E-state index in [4.69, 9.17) is 22.1 Å². The first kappa shape index (κ1) is 26.4. The summed E-state index contributed by atoms with van der Waals surface area (Å²) in [6, 6.07) is 12.4. The Labute approximate surface area is 221 Å². The van der Waals surface area contributed by atoms with Crippen LogP contribution >= 0.6 is 11.6 Å². The molecule has 6 N–H and O–H groups in total. The first-order valence-electron chi connectivity index (χ1n) is 12.1. The Bertz CT molecular complexity index is 1300. The molecule has 1 aliphatic heterocycles. The molecule has 1 aliphatic rings. The van der Waals surface area contributed by atoms with E-state index in [9.17, 15) is 4.79 Å². The van der Waals surface area contributed by atoms with Gasteiger partial charge in [-0.25, -0.2) is 9.97 Å². The molecule has 10 heteroatoms. The Morgan fingerprint density at radius 1 is 1.19 bits per heavy atom. The van der Waals surface area contributed by atoms with Crippen LogP contribution in [0.25, 0.3) is 6.08 Å². The summed E-state index contributed by atoms with van der Waals surface area (Å²) in [6.07, 6.45) is 4.48. The number of fused-ring (bicyclic) bond motifs is 1. The molecule has 9 nitrogen and oxygen atoms in total. The summed E-state index contributed by atoms with van der Waals surface area (Å²) in [4.78, 5) is 21.4. The normalized spacial score (nSPS) is 13.1. The molecule has 0 bridgehead atoms. The molecule has 3 aromatic rings. The Balaban J connectivity index is 1.51. The van der Waals surface area contributed by atoms with E-state index < -0.39 is 0 Å². The van der Waals surface area contributed by atoms with Gasteiger partial charge in [0.15, 0.2) is 0 Å². The lowest BCUT2D eigenvalue weighted by atomic mass is 10.1. The van der Waals surface area contributed by atoms with Gasteiger partial charge in [0.2, 0.25) is 0 Å². The number of rotatable bonds is 8. The van der Waals surface area contributed by atoms with E-state index in [1.165, 1.54) is 11.9 Å². The zero-order valence-corrected chi connectivity index (χ0v) is 21.9. The van der Waals surface area contributed by atoms with Gasteiger partial charge in [-0.2, -0.15) is 0 Å². The van der Waals surface area contributed by atoms with Crippen molar-refractivity contribution >= 4 is 40.9 Å². The maximum absolute atomic E-state index is 12.5. The van der Waals surface area contributed by atoms with Crippen molar-refractivity contribution in [3.8, 4) is 11.5 Å². The molecule has 1 amide bonds. The third-order valence-electron chi connectivity index (χ3n) is 5.47. The number of ether oxygens (including phenoxy) is 1. The van der Waals surface area contributed by atoms with E-state index in [0.717, 1.165) is 30.0 Å². The Morgan fingerprint density at radius 3 is 2.78 bits per heavy atom. The molecule has 0 fully saturated rings. The van der Waals surface area contributed by atoms with E-state index in [1.54, 1.807) is 36.4 Å². The minimum Gasteiger partial charge on any atom is -0.456 e. The molecule has 0 radical (unpaired) electrons. The van der Waals surface area contributed by atoms with Crippen molar-refractivity contribution in [2.75, 3.05) is 30.4 Å². The number of anilines is 3. The van der Waals surface area contributed by atoms with Crippen LogP contribution in [0, 0.1) is 0 Å². The Morgan fingerprint density at radius 2 is 2.03 bits per heavy atom. The van der Waals surface area contributed by atoms with E-state index in [-0.39, 0.29) is 11.4 Å². The van der Waals surface area contributed by atoms with Gasteiger partial charge in [-0.05, 0) is 69.7 Å². The Kier molecular flexibility index (Phi) is 8.27. The first-order valence-corrected chi connectivity index (χ1v) is 12.5. The molecule has 0 saturated heterocycles. The van der Waals surface area contributed by atoms with Gasteiger partial charge in [0.1, 0.15) is 29.5 Å². The van der Waals surface area contributed by atoms with Crippen LogP contribution in [0.5, 0.6) is 11.5 Å². The van der Waals surface area contributed by atoms with Crippen molar-refractivity contribution in [2.45, 2.75) is 32.7 Å². The quantitative estimate of drug-likeness (QED) is 0.265. The van der Waals surface area contributed by atoms with Crippen molar-refractivity contribution in [1.29, 1.82) is 0 Å². The van der Waals surface area contributed by atoms with Crippen LogP contribution in [0.2, 0.25) is 5.02 Å². The van der Waals surface area contributed by atoms with Gasteiger partial charge in [0, 0.05) is 36.5 Å². The Hall–Kier alpha value is -3.66. The molecule has 194 valence electrons. The van der Waals surface area contributed by atoms with Crippen LogP contribution in [0.15, 0.2) is 54.4 Å². The molecule has 0 spiro atoms. The number of benzene rings is 2. The fourth-order valence-electron chi connectivity index (χ4n) is 3.80. The molecule has 37 heavy (non-hydrogen) atoms. The number of hydrogen-bond donors (Lipinski definition) is 5. The molecular weight excluding hydrogens is 490 g/mol. The van der Waals surface area contributed by atoms with E-state index in [1.807, 2.05) is 26.8 Å². The fourth-order valence-corrected chi connectivity index (χ4v) is 4.02. The largest absolute Gasteiger partial charge is 0.456 e. The van der Waals surface area contributed by atoms with Crippen LogP contribution in [0.3, 0.4) is 0 Å². The van der Waals surface area contributed by atoms with Crippen LogP contribution in [-0.2, 0) is 0 Å². The number of amides is 1. The summed E-state index contributed by atoms with van der Waals surface area (Å²) in [7, 11) is 0. The maximum Gasteiger partial charge on any atom is 0.251 e. The van der Waals surface area contributed by atoms with Gasteiger partial charge in [-0.1, -0.05) is 23.2 Å². The highest BCUT2D eigenvalue weighted by atomic mass is 35.5. The molecule has 2 aromatic carbocycles. The first-order chi connectivity index (χ1) is 17.7. The SMILES string of the molecule is CC(C)(C)NC(=O)c1cccc(Oc2ccc(Nc3ncnc4c3C=C(CNCN)CCN4)cc2Cl)c1. The number of nitrogens with one attached hydrogen (secondary N) is 4. The van der Waals surface area contributed by atoms with E-state index in [0.29, 0.717) is 41.1 Å². The van der Waals surface area contributed by atoms with Gasteiger partial charge in [-0.15, -0.1) is 0 Å². The third-order valence-corrected chi connectivity index (χ3v) is 5.77. The van der Waals surface area contributed by atoms with E-state index >= 15 is 0 Å². The van der Waals surface area contributed by atoms with Crippen molar-refractivity contribution < 1.29 is 9.53 Å². The summed E-state index contributed by atoms with van der Waals surface area (Å²) in [6.45, 7) is 7.69. The second-order valence-electron chi connectivity index (χ2n) is 9.70. The minimum atomic E-state index is -0.336. The monoisotopic (exact) mass is 521 g/mol. The molecule has 1 aromatic heterocycles. The number of carbonyl (C=O) groups is 1. The van der Waals surface area contributed by atoms with Crippen LogP contribution in [0.4, 0.5) is 17.3 Å². The zero-order valence-electron chi connectivity index (χ0n) is 21.2. The molecule has 0 saturated carbocycles. The van der Waals surface area contributed by atoms with Crippen LogP contribution in [0.1, 0.15) is 43.1 Å². The standard InChI is InChI=1S/C27H32ClN7O2/c1-27(2,3)35-26(36)18-5-4-6-20(12-18)37-23-8-7-19(13-22(23)28)34-25-21-11-17(14-30-15-29)9-10-31-24(21)32-16-33-25/h4-8,11-13,16,30H,9-10,14-15,29H2,1-3H3,(H,35,36)(H2,31,32,33,34). The predicted molar refractivity (Wildman–Crippen MR) is 149 cm³/mol. The summed E-state index contributed by atoms with van der Waals surface area (Å²) < 4.78 is 5.99. The van der Waals surface area contributed by atoms with Crippen molar-refractivity contribution in [3.63, 3.8) is 0 Å². The lowest BCUT2D eigenvalue weighted by Gasteiger charge is -2.20. The second kappa shape index (κ2) is 11.6. The van der Waals surface area contributed by atoms with Gasteiger partial charge >= 0.3 is 0 Å². The number of carbonyl (C=O) groups excluding carboxylic acids is 1. The summed E-state index contributed by atoms with van der Waals surface area (Å²) in [5, 5.41) is 13.2. The zero-order chi connectivity index (χ0) is 26.4. The van der Waals surface area contributed by atoms with Gasteiger partial charge in [0.25, 0.3) is 5.91 Å². The third kappa shape index (κ3) is 7.19. The number of hydrogen-bond acceptors (Lipinski definition) is 8. The molecule has 0 aliphatic carbocycles. The minimum absolute atomic E-state index is 0.168. The molecule has 2 heterocycles. The summed E-state index contributed by atoms with van der Waals surface area (Å²) >= 11 is 6.56. The van der Waals surface area contributed by atoms with Gasteiger partial charge < -0.3 is 31.7 Å². The van der Waals surface area contributed by atoms with Crippen LogP contribution < -0.4 is 31.7 Å². The van der Waals surface area contributed by atoms with E-state index in [2.05, 4.69) is 37.3 Å². The van der Waals surface area contributed by atoms with Crippen molar-refractivity contribution in [2.24, 2.45) is 5.73 Å². The number of nitrogens with two attached hydrogens (primary N) is 1. The molecular formula is C27H32ClN7O2. The summed E-state index contributed by atoms with van der Waals surface area (Å²) in [5.41, 5.74) is 8.59. The number of aromatic nitrogens is 2. The molecule has 4 rings (SSSR count). The lowest BCUT2D eigenvalue weighted by molar-refractivity contribution is 0.0919. The molecule has 0 unspecified atom stereocenters. The van der Waals surface area contributed by atoms with Crippen molar-refractivity contribution in [1.82, 2.24) is 20.6 Å². The van der Waals surface area contributed by atoms with Gasteiger partial charge in [-0.3, -0.25) is 4.79 Å². The highest BCUT2D eigenvalue weighted by Gasteiger charge is 2.17. The maximum atomic E-state index is 12.5. The predicted octanol–water partition coefficient (Wildman–Crippen LogP) is 4.90. The highest BCUT2D eigenvalue weighted by Crippen LogP contribution is 2.34. The second-order valence-corrected chi connectivity index (χ2v) is 10.1. The van der Waals surface area contributed by atoms with Gasteiger partial charge in [0.05, 0.1) is 10.6 Å². The van der Waals surface area contributed by atoms with Crippen LogP contribution in [-0.4, -0.2) is 41.2 Å². The number of nitrogens with zero attached hydrogens (tertiary/aromatic N) is 2. The smallest absolute Gasteiger partial charge is 0.251 e. The average molecular weight is 522 g/mol. The van der Waals surface area contributed by atoms with Crippen molar-refractivity contribution in [3.05, 3.63) is 70.5 Å². The number of halogens is 1. The topological polar surface area (TPSA) is 126 Å². The highest BCUT2D eigenvalue weighted by molar-refractivity contribution is 6.32.